The van der Waals surface area contributed by atoms with Crippen molar-refractivity contribution in [2.45, 2.75) is 51.2 Å². The first-order valence-electron chi connectivity index (χ1n) is 5.44. The second-order valence-corrected chi connectivity index (χ2v) is 5.19. The number of hydrogen-bond acceptors (Lipinski definition) is 3. The first kappa shape index (κ1) is 13.0. The summed E-state index contributed by atoms with van der Waals surface area (Å²) in [5.41, 5.74) is -1.44. The van der Waals surface area contributed by atoms with Gasteiger partial charge >= 0.3 is 5.97 Å². The van der Waals surface area contributed by atoms with Gasteiger partial charge in [0.05, 0.1) is 5.60 Å². The van der Waals surface area contributed by atoms with Crippen LogP contribution in [-0.2, 0) is 14.3 Å². The van der Waals surface area contributed by atoms with Gasteiger partial charge < -0.3 is 15.2 Å². The van der Waals surface area contributed by atoms with Crippen LogP contribution in [0.2, 0.25) is 0 Å². The van der Waals surface area contributed by atoms with E-state index in [0.29, 0.717) is 12.8 Å². The van der Waals surface area contributed by atoms with Crippen LogP contribution in [0.3, 0.4) is 0 Å². The molecule has 0 aromatic rings. The highest BCUT2D eigenvalue weighted by Gasteiger charge is 2.45. The fraction of sp³-hybridized carbons (Fsp3) is 0.818. The number of hydrogen-bond donors (Lipinski definition) is 2. The molecule has 5 nitrogen and oxygen atoms in total. The molecule has 0 atom stereocenters. The highest BCUT2D eigenvalue weighted by Crippen LogP contribution is 2.31. The maximum absolute atomic E-state index is 11.5. The maximum Gasteiger partial charge on any atom is 0.329 e. The van der Waals surface area contributed by atoms with Gasteiger partial charge in [0.1, 0.15) is 12.1 Å². The SMILES string of the molecule is CC(C)(C)OCC(=O)NC1(C(=O)O)CCC1. The van der Waals surface area contributed by atoms with Crippen molar-refractivity contribution >= 4 is 11.9 Å². The topological polar surface area (TPSA) is 75.6 Å². The number of ether oxygens (including phenoxy) is 1. The van der Waals surface area contributed by atoms with E-state index in [2.05, 4.69) is 5.32 Å². The Labute approximate surface area is 95.2 Å². The van der Waals surface area contributed by atoms with Gasteiger partial charge in [0, 0.05) is 0 Å². The van der Waals surface area contributed by atoms with E-state index in [1.54, 1.807) is 0 Å². The van der Waals surface area contributed by atoms with Gasteiger partial charge in [0.2, 0.25) is 5.91 Å². The van der Waals surface area contributed by atoms with Crippen LogP contribution in [0.4, 0.5) is 0 Å². The maximum atomic E-state index is 11.5. The lowest BCUT2D eigenvalue weighted by molar-refractivity contribution is -0.153. The molecule has 2 N–H and O–H groups in total. The average molecular weight is 229 g/mol. The molecular weight excluding hydrogens is 210 g/mol. The zero-order chi connectivity index (χ0) is 12.4. The standard InChI is InChI=1S/C11H19NO4/c1-10(2,3)16-7-8(13)12-11(9(14)15)5-4-6-11/h4-7H2,1-3H3,(H,12,13)(H,14,15). The summed E-state index contributed by atoms with van der Waals surface area (Å²) in [5.74, 6) is -1.32. The number of nitrogens with one attached hydrogen (secondary N) is 1. The predicted octanol–water partition coefficient (Wildman–Crippen LogP) is 0.925. The average Bonchev–Trinajstić information content (AvgIpc) is 2.06. The van der Waals surface area contributed by atoms with Gasteiger partial charge in [-0.05, 0) is 40.0 Å². The van der Waals surface area contributed by atoms with E-state index in [9.17, 15) is 9.59 Å². The van der Waals surface area contributed by atoms with Crippen molar-refractivity contribution in [1.82, 2.24) is 5.32 Å². The van der Waals surface area contributed by atoms with Crippen LogP contribution >= 0.6 is 0 Å². The lowest BCUT2D eigenvalue weighted by atomic mass is 9.77. The first-order valence-corrected chi connectivity index (χ1v) is 5.44. The van der Waals surface area contributed by atoms with E-state index in [4.69, 9.17) is 9.84 Å². The Bertz CT molecular complexity index is 289. The highest BCUT2D eigenvalue weighted by atomic mass is 16.5. The molecule has 5 heteroatoms. The fourth-order valence-corrected chi connectivity index (χ4v) is 1.51. The molecular formula is C11H19NO4. The molecule has 0 aromatic heterocycles. The van der Waals surface area contributed by atoms with Gasteiger partial charge in [-0.1, -0.05) is 0 Å². The van der Waals surface area contributed by atoms with E-state index in [-0.39, 0.29) is 12.5 Å². The minimum Gasteiger partial charge on any atom is -0.480 e. The van der Waals surface area contributed by atoms with Crippen LogP contribution < -0.4 is 5.32 Å². The Morgan fingerprint density at radius 3 is 2.25 bits per heavy atom. The molecule has 92 valence electrons. The summed E-state index contributed by atoms with van der Waals surface area (Å²) in [7, 11) is 0. The third-order valence-corrected chi connectivity index (χ3v) is 2.63. The van der Waals surface area contributed by atoms with E-state index in [0.717, 1.165) is 6.42 Å². The van der Waals surface area contributed by atoms with Crippen LogP contribution in [-0.4, -0.2) is 34.7 Å². The molecule has 16 heavy (non-hydrogen) atoms. The second-order valence-electron chi connectivity index (χ2n) is 5.19. The summed E-state index contributed by atoms with van der Waals surface area (Å²) in [6.07, 6.45) is 1.85. The largest absolute Gasteiger partial charge is 0.480 e. The third kappa shape index (κ3) is 3.20. The molecule has 0 bridgehead atoms. The zero-order valence-electron chi connectivity index (χ0n) is 10.0. The van der Waals surface area contributed by atoms with Gasteiger partial charge in [-0.3, -0.25) is 4.79 Å². The number of aliphatic carboxylic acids is 1. The molecule has 1 fully saturated rings. The van der Waals surface area contributed by atoms with Crippen molar-refractivity contribution < 1.29 is 19.4 Å². The summed E-state index contributed by atoms with van der Waals surface area (Å²) in [6.45, 7) is 5.43. The molecule has 0 radical (unpaired) electrons. The molecule has 1 amide bonds. The number of carboxylic acids is 1. The van der Waals surface area contributed by atoms with Crippen molar-refractivity contribution in [2.75, 3.05) is 6.61 Å². The van der Waals surface area contributed by atoms with Crippen molar-refractivity contribution in [3.63, 3.8) is 0 Å². The lowest BCUT2D eigenvalue weighted by Crippen LogP contribution is -2.59. The highest BCUT2D eigenvalue weighted by molar-refractivity contribution is 5.88. The van der Waals surface area contributed by atoms with E-state index < -0.39 is 17.1 Å². The zero-order valence-corrected chi connectivity index (χ0v) is 10.0. The quantitative estimate of drug-likeness (QED) is 0.751. The van der Waals surface area contributed by atoms with Crippen LogP contribution in [0.5, 0.6) is 0 Å². The molecule has 1 aliphatic carbocycles. The summed E-state index contributed by atoms with van der Waals surface area (Å²) in [5, 5.41) is 11.5. The summed E-state index contributed by atoms with van der Waals surface area (Å²) in [4.78, 5) is 22.5. The van der Waals surface area contributed by atoms with Gasteiger partial charge in [-0.2, -0.15) is 0 Å². The molecule has 0 heterocycles. The Balaban J connectivity index is 2.42. The number of rotatable bonds is 4. The van der Waals surface area contributed by atoms with E-state index in [1.165, 1.54) is 0 Å². The minimum absolute atomic E-state index is 0.0987. The normalized spacial score (nSPS) is 18.7. The van der Waals surface area contributed by atoms with Crippen LogP contribution in [0.15, 0.2) is 0 Å². The van der Waals surface area contributed by atoms with Crippen molar-refractivity contribution in [2.24, 2.45) is 0 Å². The van der Waals surface area contributed by atoms with Crippen molar-refractivity contribution in [1.29, 1.82) is 0 Å². The van der Waals surface area contributed by atoms with Crippen LogP contribution in [0.1, 0.15) is 40.0 Å². The van der Waals surface area contributed by atoms with Gasteiger partial charge in [0.15, 0.2) is 0 Å². The predicted molar refractivity (Wildman–Crippen MR) is 58.1 cm³/mol. The Kier molecular flexibility index (Phi) is 3.57. The molecule has 0 spiro atoms. The summed E-state index contributed by atoms with van der Waals surface area (Å²) in [6, 6.07) is 0. The molecule has 0 saturated heterocycles. The second kappa shape index (κ2) is 4.41. The first-order chi connectivity index (χ1) is 7.25. The number of carboxylic acid groups (broad SMARTS) is 1. The fourth-order valence-electron chi connectivity index (χ4n) is 1.51. The molecule has 0 aromatic carbocycles. The van der Waals surface area contributed by atoms with E-state index >= 15 is 0 Å². The van der Waals surface area contributed by atoms with Crippen molar-refractivity contribution in [3.05, 3.63) is 0 Å². The Morgan fingerprint density at radius 1 is 1.38 bits per heavy atom. The molecule has 1 rings (SSSR count). The number of carbonyl (C=O) groups is 2. The monoisotopic (exact) mass is 229 g/mol. The third-order valence-electron chi connectivity index (χ3n) is 2.63. The lowest BCUT2D eigenvalue weighted by Gasteiger charge is -2.38. The minimum atomic E-state index is -1.04. The van der Waals surface area contributed by atoms with Crippen molar-refractivity contribution in [3.8, 4) is 0 Å². The molecule has 0 aliphatic heterocycles. The van der Waals surface area contributed by atoms with E-state index in [1.807, 2.05) is 20.8 Å². The molecule has 0 unspecified atom stereocenters. The van der Waals surface area contributed by atoms with Gasteiger partial charge in [-0.25, -0.2) is 4.79 Å². The van der Waals surface area contributed by atoms with Gasteiger partial charge in [-0.15, -0.1) is 0 Å². The smallest absolute Gasteiger partial charge is 0.329 e. The number of amides is 1. The van der Waals surface area contributed by atoms with Gasteiger partial charge in [0.25, 0.3) is 0 Å². The number of carbonyl (C=O) groups excluding carboxylic acids is 1. The Hall–Kier alpha value is -1.10. The summed E-state index contributed by atoms with van der Waals surface area (Å²) < 4.78 is 5.28. The van der Waals surface area contributed by atoms with Crippen LogP contribution in [0, 0.1) is 0 Å². The summed E-state index contributed by atoms with van der Waals surface area (Å²) >= 11 is 0. The van der Waals surface area contributed by atoms with Crippen LogP contribution in [0.25, 0.3) is 0 Å². The Morgan fingerprint density at radius 2 is 1.94 bits per heavy atom. The molecule has 1 saturated carbocycles. The molecule has 1 aliphatic rings.